The fourth-order valence-corrected chi connectivity index (χ4v) is 3.74. The minimum absolute atomic E-state index is 0.797. The van der Waals surface area contributed by atoms with Gasteiger partial charge in [0.2, 0.25) is 0 Å². The zero-order chi connectivity index (χ0) is 11.8. The molecule has 0 aliphatic heterocycles. The fraction of sp³-hybridized carbons (Fsp3) is 0.500. The SMILES string of the molecule is CCc1nc(NN)c2c3c(sc2n1)CCCC3. The number of rotatable bonds is 2. The Morgan fingerprint density at radius 1 is 1.29 bits per heavy atom. The number of nitrogens with one attached hydrogen (secondary N) is 1. The Morgan fingerprint density at radius 3 is 2.88 bits per heavy atom. The van der Waals surface area contributed by atoms with Crippen LogP contribution in [0, 0.1) is 0 Å². The molecular weight excluding hydrogens is 232 g/mol. The lowest BCUT2D eigenvalue weighted by atomic mass is 9.97. The first-order valence-electron chi connectivity index (χ1n) is 6.11. The third-order valence-corrected chi connectivity index (χ3v) is 4.50. The minimum Gasteiger partial charge on any atom is -0.308 e. The Kier molecular flexibility index (Phi) is 2.72. The van der Waals surface area contributed by atoms with Gasteiger partial charge in [-0.2, -0.15) is 0 Å². The molecule has 0 unspecified atom stereocenters. The third kappa shape index (κ3) is 1.70. The largest absolute Gasteiger partial charge is 0.308 e. The van der Waals surface area contributed by atoms with Gasteiger partial charge in [-0.15, -0.1) is 11.3 Å². The quantitative estimate of drug-likeness (QED) is 0.633. The molecule has 0 aromatic carbocycles. The van der Waals surface area contributed by atoms with E-state index in [4.69, 9.17) is 5.84 Å². The predicted octanol–water partition coefficient (Wildman–Crippen LogP) is 2.42. The van der Waals surface area contributed by atoms with E-state index in [2.05, 4.69) is 22.3 Å². The second kappa shape index (κ2) is 4.23. The molecule has 0 bridgehead atoms. The summed E-state index contributed by atoms with van der Waals surface area (Å²) in [4.78, 5) is 11.7. The second-order valence-corrected chi connectivity index (χ2v) is 5.46. The Morgan fingerprint density at radius 2 is 2.12 bits per heavy atom. The van der Waals surface area contributed by atoms with Gasteiger partial charge in [-0.3, -0.25) is 0 Å². The van der Waals surface area contributed by atoms with Gasteiger partial charge in [-0.1, -0.05) is 6.92 Å². The number of thiophene rings is 1. The van der Waals surface area contributed by atoms with Gasteiger partial charge in [0.25, 0.3) is 0 Å². The first-order chi connectivity index (χ1) is 8.33. The van der Waals surface area contributed by atoms with Crippen molar-refractivity contribution in [1.29, 1.82) is 0 Å². The molecule has 0 saturated heterocycles. The third-order valence-electron chi connectivity index (χ3n) is 3.31. The zero-order valence-electron chi connectivity index (χ0n) is 9.92. The number of anilines is 1. The Bertz CT molecular complexity index is 561. The number of fused-ring (bicyclic) bond motifs is 3. The summed E-state index contributed by atoms with van der Waals surface area (Å²) in [6, 6.07) is 0. The van der Waals surface area contributed by atoms with Crippen molar-refractivity contribution in [2.75, 3.05) is 5.43 Å². The van der Waals surface area contributed by atoms with Crippen LogP contribution in [0.5, 0.6) is 0 Å². The van der Waals surface area contributed by atoms with Gasteiger partial charge < -0.3 is 5.43 Å². The van der Waals surface area contributed by atoms with Gasteiger partial charge >= 0.3 is 0 Å². The smallest absolute Gasteiger partial charge is 0.152 e. The van der Waals surface area contributed by atoms with Crippen LogP contribution in [-0.2, 0) is 19.3 Å². The number of hydrazine groups is 1. The van der Waals surface area contributed by atoms with Crippen LogP contribution in [0.2, 0.25) is 0 Å². The molecule has 0 amide bonds. The number of nitrogen functional groups attached to an aromatic ring is 1. The summed E-state index contributed by atoms with van der Waals surface area (Å²) >= 11 is 1.81. The van der Waals surface area contributed by atoms with Crippen molar-refractivity contribution in [3.05, 3.63) is 16.3 Å². The lowest BCUT2D eigenvalue weighted by molar-refractivity contribution is 0.700. The highest BCUT2D eigenvalue weighted by atomic mass is 32.1. The van der Waals surface area contributed by atoms with Gasteiger partial charge in [0, 0.05) is 11.3 Å². The summed E-state index contributed by atoms with van der Waals surface area (Å²) in [5.74, 6) is 7.26. The van der Waals surface area contributed by atoms with E-state index in [1.54, 1.807) is 0 Å². The summed E-state index contributed by atoms with van der Waals surface area (Å²) < 4.78 is 0. The topological polar surface area (TPSA) is 63.8 Å². The Balaban J connectivity index is 2.29. The van der Waals surface area contributed by atoms with E-state index in [9.17, 15) is 0 Å². The lowest BCUT2D eigenvalue weighted by Crippen LogP contribution is -2.11. The maximum atomic E-state index is 5.60. The van der Waals surface area contributed by atoms with E-state index in [1.807, 2.05) is 11.3 Å². The Hall–Kier alpha value is -1.20. The normalized spacial score (nSPS) is 14.9. The number of nitrogens with zero attached hydrogens (tertiary/aromatic N) is 2. The molecule has 2 aromatic heterocycles. The number of aromatic nitrogens is 2. The molecule has 0 spiro atoms. The van der Waals surface area contributed by atoms with Crippen LogP contribution in [0.3, 0.4) is 0 Å². The molecule has 0 saturated carbocycles. The van der Waals surface area contributed by atoms with Crippen LogP contribution in [0.25, 0.3) is 10.2 Å². The molecule has 1 aliphatic carbocycles. The zero-order valence-corrected chi connectivity index (χ0v) is 10.7. The number of aryl methyl sites for hydroxylation is 3. The maximum Gasteiger partial charge on any atom is 0.152 e. The van der Waals surface area contributed by atoms with Crippen molar-refractivity contribution in [1.82, 2.24) is 9.97 Å². The molecule has 90 valence electrons. The standard InChI is InChI=1S/C12H16N4S/c1-2-9-14-11(16-13)10-7-5-3-4-6-8(7)17-12(10)15-9/h2-6,13H2,1H3,(H,14,15,16). The number of hydrogen-bond donors (Lipinski definition) is 2. The average molecular weight is 248 g/mol. The summed E-state index contributed by atoms with van der Waals surface area (Å²) in [5.41, 5.74) is 4.16. The van der Waals surface area contributed by atoms with E-state index >= 15 is 0 Å². The van der Waals surface area contributed by atoms with Gasteiger partial charge in [-0.25, -0.2) is 15.8 Å². The summed E-state index contributed by atoms with van der Waals surface area (Å²) in [6.45, 7) is 2.06. The highest BCUT2D eigenvalue weighted by Crippen LogP contribution is 2.38. The maximum absolute atomic E-state index is 5.60. The van der Waals surface area contributed by atoms with E-state index in [-0.39, 0.29) is 0 Å². The first kappa shape index (κ1) is 10.9. The Labute approximate surface area is 104 Å². The van der Waals surface area contributed by atoms with Gasteiger partial charge in [0.1, 0.15) is 10.7 Å². The molecule has 3 rings (SSSR count). The van der Waals surface area contributed by atoms with Crippen LogP contribution < -0.4 is 11.3 Å². The van der Waals surface area contributed by atoms with E-state index < -0.39 is 0 Å². The lowest BCUT2D eigenvalue weighted by Gasteiger charge is -2.11. The predicted molar refractivity (Wildman–Crippen MR) is 71.2 cm³/mol. The average Bonchev–Trinajstić information content (AvgIpc) is 2.75. The van der Waals surface area contributed by atoms with Crippen LogP contribution in [0.15, 0.2) is 0 Å². The van der Waals surface area contributed by atoms with E-state index in [0.29, 0.717) is 0 Å². The monoisotopic (exact) mass is 248 g/mol. The van der Waals surface area contributed by atoms with Crippen molar-refractivity contribution in [3.63, 3.8) is 0 Å². The van der Waals surface area contributed by atoms with Crippen LogP contribution in [-0.4, -0.2) is 9.97 Å². The van der Waals surface area contributed by atoms with Crippen molar-refractivity contribution >= 4 is 27.4 Å². The van der Waals surface area contributed by atoms with Crippen molar-refractivity contribution in [3.8, 4) is 0 Å². The molecule has 17 heavy (non-hydrogen) atoms. The van der Waals surface area contributed by atoms with Crippen LogP contribution >= 0.6 is 11.3 Å². The summed E-state index contributed by atoms with van der Waals surface area (Å²) in [5, 5.41) is 1.16. The highest BCUT2D eigenvalue weighted by molar-refractivity contribution is 7.19. The highest BCUT2D eigenvalue weighted by Gasteiger charge is 2.20. The van der Waals surface area contributed by atoms with Crippen molar-refractivity contribution < 1.29 is 0 Å². The molecule has 0 radical (unpaired) electrons. The molecular formula is C12H16N4S. The van der Waals surface area contributed by atoms with Crippen LogP contribution in [0.4, 0.5) is 5.82 Å². The molecule has 2 heterocycles. The molecule has 5 heteroatoms. The van der Waals surface area contributed by atoms with Crippen LogP contribution in [0.1, 0.15) is 36.0 Å². The number of nitrogens with two attached hydrogens (primary N) is 1. The van der Waals surface area contributed by atoms with E-state index in [1.165, 1.54) is 29.7 Å². The first-order valence-corrected chi connectivity index (χ1v) is 6.93. The summed E-state index contributed by atoms with van der Waals surface area (Å²) in [7, 11) is 0. The minimum atomic E-state index is 0.797. The molecule has 3 N–H and O–H groups in total. The van der Waals surface area contributed by atoms with Gasteiger partial charge in [0.15, 0.2) is 5.82 Å². The molecule has 4 nitrogen and oxygen atoms in total. The van der Waals surface area contributed by atoms with E-state index in [0.717, 1.165) is 34.7 Å². The summed E-state index contributed by atoms with van der Waals surface area (Å²) in [6.07, 6.45) is 5.71. The van der Waals surface area contributed by atoms with Gasteiger partial charge in [0.05, 0.1) is 5.39 Å². The molecule has 0 fully saturated rings. The fourth-order valence-electron chi connectivity index (χ4n) is 2.46. The number of hydrogen-bond acceptors (Lipinski definition) is 5. The molecule has 2 aromatic rings. The van der Waals surface area contributed by atoms with Gasteiger partial charge in [-0.05, 0) is 31.2 Å². The van der Waals surface area contributed by atoms with Crippen molar-refractivity contribution in [2.24, 2.45) is 5.84 Å². The van der Waals surface area contributed by atoms with Crippen molar-refractivity contribution in [2.45, 2.75) is 39.0 Å². The molecule has 0 atom stereocenters. The molecule has 1 aliphatic rings. The second-order valence-electron chi connectivity index (χ2n) is 4.38.